The highest BCUT2D eigenvalue weighted by Crippen LogP contribution is 2.35. The van der Waals surface area contributed by atoms with E-state index in [9.17, 15) is 8.42 Å². The van der Waals surface area contributed by atoms with E-state index < -0.39 is 16.1 Å². The van der Waals surface area contributed by atoms with Crippen LogP contribution in [0.25, 0.3) is 0 Å². The third kappa shape index (κ3) is 4.49. The summed E-state index contributed by atoms with van der Waals surface area (Å²) in [6.07, 6.45) is 0. The van der Waals surface area contributed by atoms with E-state index in [2.05, 4.69) is 0 Å². The molecule has 0 bridgehead atoms. The lowest BCUT2D eigenvalue weighted by Gasteiger charge is -2.31. The van der Waals surface area contributed by atoms with Crippen LogP contribution in [0.4, 0.5) is 5.69 Å². The van der Waals surface area contributed by atoms with Gasteiger partial charge in [0.1, 0.15) is 11.5 Å². The Morgan fingerprint density at radius 1 is 0.862 bits per heavy atom. The number of hydrogen-bond acceptors (Lipinski definition) is 4. The Morgan fingerprint density at radius 3 is 2.07 bits per heavy atom. The second-order valence-electron chi connectivity index (χ2n) is 6.41. The van der Waals surface area contributed by atoms with E-state index in [0.29, 0.717) is 22.2 Å². The van der Waals surface area contributed by atoms with Gasteiger partial charge in [-0.25, -0.2) is 8.42 Å². The Kier molecular flexibility index (Phi) is 6.35. The highest BCUT2D eigenvalue weighted by atomic mass is 35.5. The van der Waals surface area contributed by atoms with E-state index in [4.69, 9.17) is 21.1 Å². The number of hydrogen-bond donors (Lipinski definition) is 0. The number of benzene rings is 3. The van der Waals surface area contributed by atoms with Crippen LogP contribution in [-0.4, -0.2) is 22.6 Å². The van der Waals surface area contributed by atoms with Crippen LogP contribution < -0.4 is 13.8 Å². The molecule has 29 heavy (non-hydrogen) atoms. The van der Waals surface area contributed by atoms with Gasteiger partial charge < -0.3 is 9.47 Å². The van der Waals surface area contributed by atoms with Crippen LogP contribution in [0.15, 0.2) is 77.7 Å². The predicted octanol–water partition coefficient (Wildman–Crippen LogP) is 5.31. The van der Waals surface area contributed by atoms with Crippen molar-refractivity contribution in [2.45, 2.75) is 17.9 Å². The van der Waals surface area contributed by atoms with Crippen molar-refractivity contribution in [1.82, 2.24) is 0 Å². The van der Waals surface area contributed by atoms with E-state index in [1.807, 2.05) is 19.1 Å². The molecule has 5 nitrogen and oxygen atoms in total. The minimum atomic E-state index is -3.88. The zero-order chi connectivity index (χ0) is 21.0. The molecule has 0 saturated heterocycles. The second-order valence-corrected chi connectivity index (χ2v) is 8.66. The van der Waals surface area contributed by atoms with Gasteiger partial charge in [0, 0.05) is 11.1 Å². The maximum Gasteiger partial charge on any atom is 0.265 e. The molecule has 0 aromatic heterocycles. The Bertz CT molecular complexity index is 1070. The molecule has 3 rings (SSSR count). The van der Waals surface area contributed by atoms with Gasteiger partial charge in [-0.15, -0.1) is 0 Å². The van der Waals surface area contributed by atoms with Crippen LogP contribution in [0.3, 0.4) is 0 Å². The number of nitrogens with zero attached hydrogens (tertiary/aromatic N) is 1. The first-order valence-electron chi connectivity index (χ1n) is 8.95. The van der Waals surface area contributed by atoms with Crippen LogP contribution in [-0.2, 0) is 10.0 Å². The highest BCUT2D eigenvalue weighted by molar-refractivity contribution is 7.92. The van der Waals surface area contributed by atoms with Gasteiger partial charge in [0.25, 0.3) is 10.0 Å². The Balaban J connectivity index is 2.13. The fourth-order valence-corrected chi connectivity index (χ4v) is 4.86. The summed E-state index contributed by atoms with van der Waals surface area (Å²) in [6, 6.07) is 20.0. The molecule has 0 spiro atoms. The maximum absolute atomic E-state index is 13.7. The summed E-state index contributed by atoms with van der Waals surface area (Å²) in [5.41, 5.74) is 1.34. The molecular weight excluding hydrogens is 410 g/mol. The van der Waals surface area contributed by atoms with Crippen molar-refractivity contribution in [3.63, 3.8) is 0 Å². The number of sulfonamides is 1. The zero-order valence-corrected chi connectivity index (χ0v) is 17.9. The molecule has 0 fully saturated rings. The Morgan fingerprint density at radius 2 is 1.48 bits per heavy atom. The summed E-state index contributed by atoms with van der Waals surface area (Å²) in [7, 11) is -0.815. The van der Waals surface area contributed by atoms with Crippen molar-refractivity contribution in [2.24, 2.45) is 0 Å². The first-order valence-corrected chi connectivity index (χ1v) is 10.8. The molecule has 0 saturated carbocycles. The van der Waals surface area contributed by atoms with Crippen LogP contribution in [0.5, 0.6) is 11.5 Å². The fourth-order valence-electron chi connectivity index (χ4n) is 3.05. The molecular formula is C22H22ClNO4S. The second kappa shape index (κ2) is 8.76. The van der Waals surface area contributed by atoms with Crippen LogP contribution in [0.1, 0.15) is 18.5 Å². The number of methoxy groups -OCH3 is 2. The first kappa shape index (κ1) is 21.0. The lowest BCUT2D eigenvalue weighted by Crippen LogP contribution is -2.33. The van der Waals surface area contributed by atoms with E-state index in [1.165, 1.54) is 17.5 Å². The Hall–Kier alpha value is -2.70. The summed E-state index contributed by atoms with van der Waals surface area (Å²) in [4.78, 5) is 0.147. The van der Waals surface area contributed by atoms with E-state index >= 15 is 0 Å². The fraction of sp³-hybridized carbons (Fsp3) is 0.182. The van der Waals surface area contributed by atoms with Gasteiger partial charge in [0.2, 0.25) is 0 Å². The van der Waals surface area contributed by atoms with Gasteiger partial charge in [-0.3, -0.25) is 4.31 Å². The molecule has 1 atom stereocenters. The Labute approximate surface area is 176 Å². The molecule has 0 N–H and O–H groups in total. The molecule has 3 aromatic carbocycles. The minimum Gasteiger partial charge on any atom is -0.497 e. The summed E-state index contributed by atoms with van der Waals surface area (Å²) < 4.78 is 39.1. The lowest BCUT2D eigenvalue weighted by molar-refractivity contribution is 0.413. The van der Waals surface area contributed by atoms with Crippen molar-refractivity contribution in [1.29, 1.82) is 0 Å². The van der Waals surface area contributed by atoms with Crippen molar-refractivity contribution >= 4 is 27.3 Å². The molecule has 0 aliphatic heterocycles. The predicted molar refractivity (Wildman–Crippen MR) is 116 cm³/mol. The average Bonchev–Trinajstić information content (AvgIpc) is 2.74. The smallest absolute Gasteiger partial charge is 0.265 e. The molecule has 3 aromatic rings. The number of anilines is 1. The highest BCUT2D eigenvalue weighted by Gasteiger charge is 2.30. The third-order valence-corrected chi connectivity index (χ3v) is 6.78. The zero-order valence-electron chi connectivity index (χ0n) is 16.4. The first-order chi connectivity index (χ1) is 13.9. The molecule has 152 valence electrons. The van der Waals surface area contributed by atoms with E-state index in [-0.39, 0.29) is 4.90 Å². The van der Waals surface area contributed by atoms with Gasteiger partial charge in [-0.2, -0.15) is 0 Å². The minimum absolute atomic E-state index is 0.147. The van der Waals surface area contributed by atoms with E-state index in [0.717, 1.165) is 5.56 Å². The molecule has 0 aliphatic carbocycles. The molecule has 0 amide bonds. The maximum atomic E-state index is 13.7. The van der Waals surface area contributed by atoms with Crippen molar-refractivity contribution in [2.75, 3.05) is 18.5 Å². The summed E-state index contributed by atoms with van der Waals surface area (Å²) in [6.45, 7) is 1.84. The standard InChI is InChI=1S/C22H22ClNO4S/c1-16(17-7-9-18(23)10-8-17)24(19-11-13-20(27-2)14-12-19)29(25,26)22-6-4-5-21(15-22)28-3/h4-16H,1-3H3. The largest absolute Gasteiger partial charge is 0.497 e. The van der Waals surface area contributed by atoms with Crippen molar-refractivity contribution < 1.29 is 17.9 Å². The third-order valence-electron chi connectivity index (χ3n) is 4.63. The van der Waals surface area contributed by atoms with Crippen molar-refractivity contribution in [3.8, 4) is 11.5 Å². The topological polar surface area (TPSA) is 55.8 Å². The van der Waals surface area contributed by atoms with E-state index in [1.54, 1.807) is 61.7 Å². The average molecular weight is 432 g/mol. The van der Waals surface area contributed by atoms with Gasteiger partial charge >= 0.3 is 0 Å². The van der Waals surface area contributed by atoms with Gasteiger partial charge in [0.05, 0.1) is 30.8 Å². The van der Waals surface area contributed by atoms with Crippen LogP contribution in [0.2, 0.25) is 5.02 Å². The lowest BCUT2D eigenvalue weighted by atomic mass is 10.1. The number of rotatable bonds is 7. The summed E-state index contributed by atoms with van der Waals surface area (Å²) in [5, 5.41) is 0.590. The normalized spacial score (nSPS) is 12.3. The summed E-state index contributed by atoms with van der Waals surface area (Å²) in [5.74, 6) is 1.12. The van der Waals surface area contributed by atoms with Crippen molar-refractivity contribution in [3.05, 3.63) is 83.4 Å². The van der Waals surface area contributed by atoms with Crippen LogP contribution >= 0.6 is 11.6 Å². The SMILES string of the molecule is COc1ccc(N(C(C)c2ccc(Cl)cc2)S(=O)(=O)c2cccc(OC)c2)cc1. The van der Waals surface area contributed by atoms with Gasteiger partial charge in [-0.05, 0) is 61.0 Å². The monoisotopic (exact) mass is 431 g/mol. The number of ether oxygens (including phenoxy) is 2. The number of halogens is 1. The quantitative estimate of drug-likeness (QED) is 0.508. The molecule has 7 heteroatoms. The van der Waals surface area contributed by atoms with Crippen LogP contribution in [0, 0.1) is 0 Å². The van der Waals surface area contributed by atoms with Gasteiger partial charge in [-0.1, -0.05) is 29.8 Å². The van der Waals surface area contributed by atoms with Gasteiger partial charge in [0.15, 0.2) is 0 Å². The summed E-state index contributed by atoms with van der Waals surface area (Å²) >= 11 is 6.01. The molecule has 0 heterocycles. The molecule has 1 unspecified atom stereocenters. The molecule has 0 radical (unpaired) electrons. The molecule has 0 aliphatic rings.